The van der Waals surface area contributed by atoms with Gasteiger partial charge >= 0.3 is 5.97 Å². The lowest BCUT2D eigenvalue weighted by atomic mass is 10.0. The molecule has 7 heteroatoms. The number of aliphatic hydroxyl groups is 1. The van der Waals surface area contributed by atoms with Gasteiger partial charge in [0.2, 0.25) is 0 Å². The Labute approximate surface area is 165 Å². The van der Waals surface area contributed by atoms with Gasteiger partial charge in [-0.3, -0.25) is 4.79 Å². The number of benzene rings is 2. The number of carbonyl (C=O) groups is 1. The number of esters is 1. The van der Waals surface area contributed by atoms with Crippen molar-refractivity contribution >= 4 is 17.9 Å². The van der Waals surface area contributed by atoms with Crippen molar-refractivity contribution in [1.29, 1.82) is 0 Å². The van der Waals surface area contributed by atoms with E-state index >= 15 is 0 Å². The van der Waals surface area contributed by atoms with Crippen molar-refractivity contribution in [2.45, 2.75) is 39.5 Å². The Hall–Kier alpha value is -3.06. The largest absolute Gasteiger partial charge is 0.491 e. The summed E-state index contributed by atoms with van der Waals surface area (Å²) in [6, 6.07) is 12.8. The van der Waals surface area contributed by atoms with Crippen LogP contribution in [0.25, 0.3) is 0 Å². The van der Waals surface area contributed by atoms with E-state index in [-0.39, 0.29) is 31.3 Å². The summed E-state index contributed by atoms with van der Waals surface area (Å²) in [6.07, 6.45) is 1.56. The van der Waals surface area contributed by atoms with Gasteiger partial charge in [-0.1, -0.05) is 18.2 Å². The first-order chi connectivity index (χ1) is 13.4. The molecule has 0 bridgehead atoms. The van der Waals surface area contributed by atoms with Gasteiger partial charge in [-0.25, -0.2) is 0 Å². The SMILES string of the molecule is CC(=O)OCC(Nc1ccc(C=NN)cc1)c1ccc(OC(C)C)c(CO)c1. The Bertz CT molecular complexity index is 804. The third-order valence-corrected chi connectivity index (χ3v) is 3.95. The molecule has 0 spiro atoms. The lowest BCUT2D eigenvalue weighted by Gasteiger charge is -2.22. The molecule has 0 amide bonds. The van der Waals surface area contributed by atoms with Crippen molar-refractivity contribution < 1.29 is 19.4 Å². The highest BCUT2D eigenvalue weighted by molar-refractivity contribution is 5.80. The zero-order valence-electron chi connectivity index (χ0n) is 16.4. The van der Waals surface area contributed by atoms with Crippen molar-refractivity contribution in [3.8, 4) is 5.75 Å². The van der Waals surface area contributed by atoms with Gasteiger partial charge in [0, 0.05) is 18.2 Å². The number of hydrazone groups is 1. The maximum atomic E-state index is 11.3. The lowest BCUT2D eigenvalue weighted by Crippen LogP contribution is -2.19. The number of hydrogen-bond donors (Lipinski definition) is 3. The van der Waals surface area contributed by atoms with Gasteiger partial charge in [0.15, 0.2) is 0 Å². The smallest absolute Gasteiger partial charge is 0.302 e. The maximum absolute atomic E-state index is 11.3. The van der Waals surface area contributed by atoms with E-state index in [2.05, 4.69) is 10.4 Å². The summed E-state index contributed by atoms with van der Waals surface area (Å²) in [5.41, 5.74) is 3.27. The molecule has 0 radical (unpaired) electrons. The Morgan fingerprint density at radius 3 is 2.54 bits per heavy atom. The number of aliphatic hydroxyl groups excluding tert-OH is 1. The number of rotatable bonds is 9. The molecular formula is C21H27N3O4. The highest BCUT2D eigenvalue weighted by atomic mass is 16.5. The van der Waals surface area contributed by atoms with Crippen LogP contribution >= 0.6 is 0 Å². The van der Waals surface area contributed by atoms with E-state index in [9.17, 15) is 9.90 Å². The molecule has 0 saturated carbocycles. The lowest BCUT2D eigenvalue weighted by molar-refractivity contribution is -0.141. The fourth-order valence-electron chi connectivity index (χ4n) is 2.68. The van der Waals surface area contributed by atoms with Crippen LogP contribution in [0.3, 0.4) is 0 Å². The van der Waals surface area contributed by atoms with Gasteiger partial charge in [0.05, 0.1) is 25.0 Å². The summed E-state index contributed by atoms with van der Waals surface area (Å²) in [5.74, 6) is 5.45. The number of ether oxygens (including phenoxy) is 2. The number of carbonyl (C=O) groups excluding carboxylic acids is 1. The van der Waals surface area contributed by atoms with Gasteiger partial charge < -0.3 is 25.7 Å². The van der Waals surface area contributed by atoms with Crippen LogP contribution in [0.5, 0.6) is 5.75 Å². The minimum Gasteiger partial charge on any atom is -0.491 e. The van der Waals surface area contributed by atoms with Crippen LogP contribution in [-0.4, -0.2) is 30.0 Å². The van der Waals surface area contributed by atoms with Gasteiger partial charge in [-0.15, -0.1) is 0 Å². The first kappa shape index (κ1) is 21.2. The topological polar surface area (TPSA) is 106 Å². The number of anilines is 1. The van der Waals surface area contributed by atoms with Crippen LogP contribution in [-0.2, 0) is 16.1 Å². The van der Waals surface area contributed by atoms with Crippen LogP contribution < -0.4 is 15.9 Å². The van der Waals surface area contributed by atoms with Gasteiger partial charge in [-0.05, 0) is 49.2 Å². The van der Waals surface area contributed by atoms with E-state index in [1.165, 1.54) is 6.92 Å². The van der Waals surface area contributed by atoms with Crippen molar-refractivity contribution in [2.75, 3.05) is 11.9 Å². The normalized spacial score (nSPS) is 12.2. The Morgan fingerprint density at radius 2 is 1.96 bits per heavy atom. The van der Waals surface area contributed by atoms with E-state index in [0.29, 0.717) is 11.3 Å². The van der Waals surface area contributed by atoms with Gasteiger partial charge in [0.25, 0.3) is 0 Å². The summed E-state index contributed by atoms with van der Waals surface area (Å²) >= 11 is 0. The highest BCUT2D eigenvalue weighted by Crippen LogP contribution is 2.27. The predicted molar refractivity (Wildman–Crippen MR) is 109 cm³/mol. The Morgan fingerprint density at radius 1 is 1.25 bits per heavy atom. The standard InChI is InChI=1S/C21H27N3O4/c1-14(2)28-21-9-6-17(10-18(21)12-25)20(13-27-15(3)26)24-19-7-4-16(5-8-19)11-23-22/h4-11,14,20,24-25H,12-13,22H2,1-3H3. The molecule has 0 heterocycles. The molecule has 0 aliphatic carbocycles. The van der Waals surface area contributed by atoms with Crippen LogP contribution in [0.2, 0.25) is 0 Å². The molecule has 1 atom stereocenters. The monoisotopic (exact) mass is 385 g/mol. The minimum absolute atomic E-state index is 0.00157. The van der Waals surface area contributed by atoms with Crippen LogP contribution in [0.15, 0.2) is 47.6 Å². The molecule has 2 aromatic carbocycles. The summed E-state index contributed by atoms with van der Waals surface area (Å²) in [7, 11) is 0. The Balaban J connectivity index is 2.27. The number of nitrogens with zero attached hydrogens (tertiary/aromatic N) is 1. The van der Waals surface area contributed by atoms with Crippen molar-refractivity contribution in [1.82, 2.24) is 0 Å². The fraction of sp³-hybridized carbons (Fsp3) is 0.333. The Kier molecular flexibility index (Phi) is 7.83. The first-order valence-electron chi connectivity index (χ1n) is 9.06. The molecule has 28 heavy (non-hydrogen) atoms. The molecule has 2 aromatic rings. The van der Waals surface area contributed by atoms with Crippen molar-refractivity contribution in [3.63, 3.8) is 0 Å². The van der Waals surface area contributed by atoms with E-state index in [1.807, 2.05) is 56.3 Å². The molecule has 0 aliphatic rings. The van der Waals surface area contributed by atoms with Gasteiger partial charge in [-0.2, -0.15) is 5.10 Å². The molecule has 0 aromatic heterocycles. The van der Waals surface area contributed by atoms with E-state index in [4.69, 9.17) is 15.3 Å². The average Bonchev–Trinajstić information content (AvgIpc) is 2.66. The minimum atomic E-state index is -0.358. The molecule has 150 valence electrons. The quantitative estimate of drug-likeness (QED) is 0.265. The average molecular weight is 385 g/mol. The molecule has 2 rings (SSSR count). The summed E-state index contributed by atoms with van der Waals surface area (Å²) in [4.78, 5) is 11.3. The number of nitrogens with two attached hydrogens (primary N) is 1. The molecular weight excluding hydrogens is 358 g/mol. The van der Waals surface area contributed by atoms with E-state index < -0.39 is 0 Å². The molecule has 0 fully saturated rings. The van der Waals surface area contributed by atoms with Crippen LogP contribution in [0.1, 0.15) is 43.5 Å². The molecule has 7 nitrogen and oxygen atoms in total. The summed E-state index contributed by atoms with van der Waals surface area (Å²) < 4.78 is 11.0. The number of hydrogen-bond acceptors (Lipinski definition) is 7. The summed E-state index contributed by atoms with van der Waals surface area (Å²) in [5, 5.41) is 16.6. The molecule has 0 aliphatic heterocycles. The maximum Gasteiger partial charge on any atom is 0.302 e. The van der Waals surface area contributed by atoms with Gasteiger partial charge in [0.1, 0.15) is 12.4 Å². The fourth-order valence-corrected chi connectivity index (χ4v) is 2.68. The highest BCUT2D eigenvalue weighted by Gasteiger charge is 2.16. The third-order valence-electron chi connectivity index (χ3n) is 3.95. The predicted octanol–water partition coefficient (Wildman–Crippen LogP) is 2.98. The third kappa shape index (κ3) is 6.28. The second-order valence-corrected chi connectivity index (χ2v) is 6.59. The zero-order valence-corrected chi connectivity index (χ0v) is 16.4. The summed E-state index contributed by atoms with van der Waals surface area (Å²) in [6.45, 7) is 5.23. The molecule has 4 N–H and O–H groups in total. The van der Waals surface area contributed by atoms with Crippen molar-refractivity contribution in [2.24, 2.45) is 10.9 Å². The number of nitrogens with one attached hydrogen (secondary N) is 1. The van der Waals surface area contributed by atoms with Crippen LogP contribution in [0.4, 0.5) is 5.69 Å². The molecule has 0 saturated heterocycles. The second kappa shape index (κ2) is 10.3. The first-order valence-corrected chi connectivity index (χ1v) is 9.06. The van der Waals surface area contributed by atoms with E-state index in [1.54, 1.807) is 6.21 Å². The molecule has 1 unspecified atom stereocenters. The van der Waals surface area contributed by atoms with E-state index in [0.717, 1.165) is 16.8 Å². The second-order valence-electron chi connectivity index (χ2n) is 6.59. The van der Waals surface area contributed by atoms with Crippen molar-refractivity contribution in [3.05, 3.63) is 59.2 Å². The zero-order chi connectivity index (χ0) is 20.5. The van der Waals surface area contributed by atoms with Crippen LogP contribution in [0, 0.1) is 0 Å².